The molecule has 0 bridgehead atoms. The Morgan fingerprint density at radius 2 is 1.85 bits per heavy atom. The molecule has 0 radical (unpaired) electrons. The van der Waals surface area contributed by atoms with Gasteiger partial charge < -0.3 is 9.08 Å². The maximum Gasteiger partial charge on any atom is 0.534 e. The number of rotatable bonds is 7. The number of nitrogens with zero attached hydrogens (tertiary/aromatic N) is 1. The molecule has 1 aliphatic rings. The van der Waals surface area contributed by atoms with Crippen LogP contribution in [0.5, 0.6) is 5.75 Å². The van der Waals surface area contributed by atoms with Gasteiger partial charge in [-0.05, 0) is 30.9 Å². The average Bonchev–Trinajstić information content (AvgIpc) is 2.83. The summed E-state index contributed by atoms with van der Waals surface area (Å²) in [7, 11) is -9.44. The molecule has 34 heavy (non-hydrogen) atoms. The van der Waals surface area contributed by atoms with Gasteiger partial charge in [-0.1, -0.05) is 44.9 Å². The zero-order chi connectivity index (χ0) is 25.4. The lowest BCUT2D eigenvalue weighted by Gasteiger charge is -2.39. The lowest BCUT2D eigenvalue weighted by Crippen LogP contribution is -2.35. The first-order chi connectivity index (χ1) is 15.7. The van der Waals surface area contributed by atoms with Crippen LogP contribution in [0, 0.1) is 5.41 Å². The van der Waals surface area contributed by atoms with Gasteiger partial charge in [0.15, 0.2) is 5.75 Å². The van der Waals surface area contributed by atoms with Crippen molar-refractivity contribution < 1.29 is 34.9 Å². The quantitative estimate of drug-likeness (QED) is 0.221. The molecule has 6 nitrogen and oxygen atoms in total. The maximum atomic E-state index is 13.0. The molecule has 12 heteroatoms. The van der Waals surface area contributed by atoms with E-state index >= 15 is 0 Å². The Morgan fingerprint density at radius 1 is 1.21 bits per heavy atom. The molecule has 190 valence electrons. The van der Waals surface area contributed by atoms with Gasteiger partial charge in [0, 0.05) is 29.5 Å². The van der Waals surface area contributed by atoms with E-state index in [1.165, 1.54) is 6.07 Å². The molecule has 0 saturated heterocycles. The van der Waals surface area contributed by atoms with Gasteiger partial charge >= 0.3 is 15.6 Å². The van der Waals surface area contributed by atoms with E-state index in [1.807, 2.05) is 49.1 Å². The standard InChI is InChI=1S/C22H28F3NO5S3/c1-4-5-11-21(2)14-26(16-9-7-6-8-10-16)17-12-19(32-3)18(13-20(17)33(27,28)15-21)31-34(29,30)22(23,24)25/h6-10,12-13,27-28H,4-5,11,14-15H2,1-3H3. The Hall–Kier alpha value is -1.60. The summed E-state index contributed by atoms with van der Waals surface area (Å²) in [5.41, 5.74) is -4.98. The van der Waals surface area contributed by atoms with Crippen molar-refractivity contribution in [1.82, 2.24) is 0 Å². The van der Waals surface area contributed by atoms with Crippen molar-refractivity contribution in [2.45, 2.75) is 48.4 Å². The molecule has 0 aliphatic carbocycles. The van der Waals surface area contributed by atoms with Gasteiger partial charge in [-0.3, -0.25) is 9.11 Å². The van der Waals surface area contributed by atoms with Crippen LogP contribution in [0.1, 0.15) is 33.1 Å². The number of halogens is 3. The van der Waals surface area contributed by atoms with Crippen molar-refractivity contribution in [2.75, 3.05) is 23.5 Å². The van der Waals surface area contributed by atoms with E-state index in [2.05, 4.69) is 4.18 Å². The van der Waals surface area contributed by atoms with Crippen molar-refractivity contribution in [3.8, 4) is 5.75 Å². The molecule has 0 saturated carbocycles. The van der Waals surface area contributed by atoms with Gasteiger partial charge in [-0.2, -0.15) is 32.2 Å². The molecule has 0 fully saturated rings. The topological polar surface area (TPSA) is 87.1 Å². The van der Waals surface area contributed by atoms with E-state index in [4.69, 9.17) is 0 Å². The van der Waals surface area contributed by atoms with Crippen LogP contribution in [0.2, 0.25) is 0 Å². The number of para-hydroxylation sites is 1. The minimum Gasteiger partial charge on any atom is -0.375 e. The average molecular weight is 540 g/mol. The van der Waals surface area contributed by atoms with E-state index in [1.54, 1.807) is 6.26 Å². The number of anilines is 2. The normalized spacial score (nSPS) is 21.5. The highest BCUT2D eigenvalue weighted by molar-refractivity contribution is 8.24. The van der Waals surface area contributed by atoms with E-state index in [-0.39, 0.29) is 15.5 Å². The zero-order valence-electron chi connectivity index (χ0n) is 19.0. The lowest BCUT2D eigenvalue weighted by molar-refractivity contribution is -0.0500. The van der Waals surface area contributed by atoms with Crippen molar-refractivity contribution in [2.24, 2.45) is 5.41 Å². The van der Waals surface area contributed by atoms with Crippen molar-refractivity contribution >= 4 is 43.8 Å². The second kappa shape index (κ2) is 9.81. The first-order valence-corrected chi connectivity index (χ1v) is 14.9. The number of thioether (sulfide) groups is 1. The maximum absolute atomic E-state index is 13.0. The van der Waals surface area contributed by atoms with Gasteiger partial charge in [-0.15, -0.1) is 11.8 Å². The molecule has 3 rings (SSSR count). The summed E-state index contributed by atoms with van der Waals surface area (Å²) in [4.78, 5) is 2.00. The highest BCUT2D eigenvalue weighted by Crippen LogP contribution is 2.61. The fraction of sp³-hybridized carbons (Fsp3) is 0.455. The smallest absolute Gasteiger partial charge is 0.375 e. The lowest BCUT2D eigenvalue weighted by atomic mass is 9.86. The molecule has 1 heterocycles. The van der Waals surface area contributed by atoms with E-state index in [0.29, 0.717) is 18.7 Å². The highest BCUT2D eigenvalue weighted by atomic mass is 32.3. The Labute approximate surface area is 204 Å². The van der Waals surface area contributed by atoms with Gasteiger partial charge in [0.25, 0.3) is 0 Å². The van der Waals surface area contributed by atoms with Crippen molar-refractivity contribution in [3.63, 3.8) is 0 Å². The molecular weight excluding hydrogens is 511 g/mol. The summed E-state index contributed by atoms with van der Waals surface area (Å²) in [6.07, 6.45) is 4.05. The van der Waals surface area contributed by atoms with Gasteiger partial charge in [-0.25, -0.2) is 0 Å². The molecule has 2 N–H and O–H groups in total. The Bertz CT molecular complexity index is 1130. The van der Waals surface area contributed by atoms with Crippen LogP contribution < -0.4 is 9.08 Å². The minimum atomic E-state index is -5.94. The summed E-state index contributed by atoms with van der Waals surface area (Å²) in [6.45, 7) is 4.44. The Kier molecular flexibility index (Phi) is 7.79. The second-order valence-corrected chi connectivity index (χ2v) is 13.0. The van der Waals surface area contributed by atoms with Crippen LogP contribution >= 0.6 is 22.4 Å². The summed E-state index contributed by atoms with van der Waals surface area (Å²) in [5.74, 6) is -0.603. The third-order valence-electron chi connectivity index (χ3n) is 5.66. The van der Waals surface area contributed by atoms with E-state index in [0.717, 1.165) is 36.4 Å². The zero-order valence-corrected chi connectivity index (χ0v) is 21.5. The summed E-state index contributed by atoms with van der Waals surface area (Å²) >= 11 is 1.00. The SMILES string of the molecule is CCCCC1(C)CN(c2ccccc2)c2cc(SC)c(OS(=O)(=O)C(F)(F)F)cc2S(O)(O)C1. The van der Waals surface area contributed by atoms with Crippen LogP contribution in [-0.4, -0.2) is 41.6 Å². The molecule has 1 aliphatic heterocycles. The van der Waals surface area contributed by atoms with Crippen LogP contribution in [0.15, 0.2) is 52.3 Å². The fourth-order valence-corrected chi connectivity index (χ4v) is 7.28. The fourth-order valence-electron chi connectivity index (χ4n) is 4.06. The second-order valence-electron chi connectivity index (χ2n) is 8.60. The number of unbranched alkanes of at least 4 members (excludes halogenated alkanes) is 1. The van der Waals surface area contributed by atoms with Crippen LogP contribution in [0.3, 0.4) is 0 Å². The van der Waals surface area contributed by atoms with Crippen molar-refractivity contribution in [3.05, 3.63) is 42.5 Å². The largest absolute Gasteiger partial charge is 0.534 e. The van der Waals surface area contributed by atoms with Gasteiger partial charge in [0.1, 0.15) is 0 Å². The third-order valence-corrected chi connectivity index (χ3v) is 9.52. The molecule has 2 aromatic rings. The molecule has 0 aromatic heterocycles. The molecule has 0 spiro atoms. The van der Waals surface area contributed by atoms with Crippen LogP contribution in [0.25, 0.3) is 0 Å². The van der Waals surface area contributed by atoms with Crippen LogP contribution in [0.4, 0.5) is 24.5 Å². The van der Waals surface area contributed by atoms with Crippen LogP contribution in [-0.2, 0) is 10.1 Å². The summed E-state index contributed by atoms with van der Waals surface area (Å²) in [5, 5.41) is 0. The number of alkyl halides is 3. The number of hydrogen-bond acceptors (Lipinski definition) is 7. The Morgan fingerprint density at radius 3 is 2.41 bits per heavy atom. The molecule has 1 atom stereocenters. The number of hydrogen-bond donors (Lipinski definition) is 2. The van der Waals surface area contributed by atoms with E-state index < -0.39 is 37.4 Å². The number of benzene rings is 2. The molecule has 2 aromatic carbocycles. The summed E-state index contributed by atoms with van der Waals surface area (Å²) in [6, 6.07) is 11.7. The molecule has 1 unspecified atom stereocenters. The third kappa shape index (κ3) is 5.62. The predicted octanol–water partition coefficient (Wildman–Crippen LogP) is 7.09. The van der Waals surface area contributed by atoms with E-state index in [9.17, 15) is 30.7 Å². The van der Waals surface area contributed by atoms with Gasteiger partial charge in [0.2, 0.25) is 0 Å². The molecule has 0 amide bonds. The van der Waals surface area contributed by atoms with Gasteiger partial charge in [0.05, 0.1) is 15.5 Å². The summed E-state index contributed by atoms with van der Waals surface area (Å²) < 4.78 is 89.3. The minimum absolute atomic E-state index is 0.0135. The monoisotopic (exact) mass is 539 g/mol. The molecular formula is C22H28F3NO5S3. The first kappa shape index (κ1) is 27.0. The first-order valence-electron chi connectivity index (χ1n) is 10.5. The predicted molar refractivity (Wildman–Crippen MR) is 131 cm³/mol. The van der Waals surface area contributed by atoms with Crippen molar-refractivity contribution in [1.29, 1.82) is 0 Å². The highest BCUT2D eigenvalue weighted by Gasteiger charge is 2.49. The number of fused-ring (bicyclic) bond motifs is 1. The Balaban J connectivity index is 2.23.